The molecule has 0 aliphatic carbocycles. The summed E-state index contributed by atoms with van der Waals surface area (Å²) in [5.41, 5.74) is 1.83. The molecule has 6 nitrogen and oxygen atoms in total. The highest BCUT2D eigenvalue weighted by Gasteiger charge is 2.11. The first-order valence-electron chi connectivity index (χ1n) is 6.66. The van der Waals surface area contributed by atoms with Gasteiger partial charge in [-0.05, 0) is 26.0 Å². The zero-order valence-electron chi connectivity index (χ0n) is 11.7. The lowest BCUT2D eigenvalue weighted by Gasteiger charge is -2.11. The maximum atomic E-state index is 13.6. The van der Waals surface area contributed by atoms with Crippen molar-refractivity contribution in [3.63, 3.8) is 0 Å². The summed E-state index contributed by atoms with van der Waals surface area (Å²) in [6.07, 6.45) is 1.64. The predicted octanol–water partition coefficient (Wildman–Crippen LogP) is 2.98. The quantitative estimate of drug-likeness (QED) is 0.687. The van der Waals surface area contributed by atoms with Crippen molar-refractivity contribution in [2.75, 3.05) is 17.2 Å². The molecule has 0 saturated heterocycles. The molecule has 0 atom stereocenters. The van der Waals surface area contributed by atoms with Crippen LogP contribution in [0.15, 0.2) is 24.4 Å². The molecule has 2 aromatic heterocycles. The average Bonchev–Trinajstić information content (AvgIpc) is 2.93. The minimum absolute atomic E-state index is 0.260. The molecule has 0 radical (unpaired) electrons. The van der Waals surface area contributed by atoms with Crippen molar-refractivity contribution in [3.05, 3.63) is 35.8 Å². The Labute approximate surface area is 120 Å². The van der Waals surface area contributed by atoms with Gasteiger partial charge in [0.2, 0.25) is 5.95 Å². The second kappa shape index (κ2) is 5.35. The number of hydrogen-bond acceptors (Lipinski definition) is 5. The van der Waals surface area contributed by atoms with E-state index in [9.17, 15) is 4.39 Å². The van der Waals surface area contributed by atoms with Crippen LogP contribution < -0.4 is 10.6 Å². The molecular weight excluding hydrogens is 271 g/mol. The van der Waals surface area contributed by atoms with Crippen molar-refractivity contribution >= 4 is 28.5 Å². The molecule has 0 saturated carbocycles. The monoisotopic (exact) mass is 286 g/mol. The Bertz CT molecular complexity index is 782. The third-order valence-corrected chi connectivity index (χ3v) is 3.17. The van der Waals surface area contributed by atoms with E-state index in [1.165, 1.54) is 6.07 Å². The first-order valence-corrected chi connectivity index (χ1v) is 6.66. The van der Waals surface area contributed by atoms with Gasteiger partial charge in [0.1, 0.15) is 11.6 Å². The molecule has 2 heterocycles. The van der Waals surface area contributed by atoms with Gasteiger partial charge in [-0.1, -0.05) is 6.07 Å². The lowest BCUT2D eigenvalue weighted by molar-refractivity contribution is 0.619. The van der Waals surface area contributed by atoms with Gasteiger partial charge in [0.15, 0.2) is 5.65 Å². The number of rotatable bonds is 4. The van der Waals surface area contributed by atoms with Crippen molar-refractivity contribution in [2.24, 2.45) is 0 Å². The van der Waals surface area contributed by atoms with Gasteiger partial charge < -0.3 is 10.6 Å². The van der Waals surface area contributed by atoms with Gasteiger partial charge in [0, 0.05) is 17.8 Å². The van der Waals surface area contributed by atoms with E-state index in [1.54, 1.807) is 25.3 Å². The lowest BCUT2D eigenvalue weighted by Crippen LogP contribution is -2.05. The summed E-state index contributed by atoms with van der Waals surface area (Å²) >= 11 is 0. The Hall–Kier alpha value is -2.70. The number of benzene rings is 1. The number of halogens is 1. The topological polar surface area (TPSA) is 78.5 Å². The van der Waals surface area contributed by atoms with Crippen LogP contribution in [0.2, 0.25) is 0 Å². The van der Waals surface area contributed by atoms with Crippen molar-refractivity contribution in [2.45, 2.75) is 13.8 Å². The van der Waals surface area contributed by atoms with E-state index in [4.69, 9.17) is 0 Å². The van der Waals surface area contributed by atoms with Crippen LogP contribution in [0, 0.1) is 12.7 Å². The number of hydrogen-bond donors (Lipinski definition) is 3. The number of fused-ring (bicyclic) bond motifs is 1. The van der Waals surface area contributed by atoms with Gasteiger partial charge in [-0.2, -0.15) is 15.1 Å². The second-order valence-electron chi connectivity index (χ2n) is 4.60. The number of nitrogens with one attached hydrogen (secondary N) is 3. The van der Waals surface area contributed by atoms with E-state index in [0.29, 0.717) is 35.2 Å². The average molecular weight is 286 g/mol. The third kappa shape index (κ3) is 2.49. The van der Waals surface area contributed by atoms with Crippen LogP contribution in [0.4, 0.5) is 21.8 Å². The molecule has 0 aliphatic rings. The van der Waals surface area contributed by atoms with Crippen molar-refractivity contribution in [3.8, 4) is 0 Å². The van der Waals surface area contributed by atoms with Crippen molar-refractivity contribution in [1.82, 2.24) is 20.2 Å². The predicted molar refractivity (Wildman–Crippen MR) is 80.3 cm³/mol. The molecule has 3 N–H and O–H groups in total. The number of aromatic nitrogens is 4. The van der Waals surface area contributed by atoms with Crippen LogP contribution in [0.3, 0.4) is 0 Å². The number of nitrogens with zero attached hydrogens (tertiary/aromatic N) is 3. The van der Waals surface area contributed by atoms with Crippen LogP contribution in [0.1, 0.15) is 12.5 Å². The summed E-state index contributed by atoms with van der Waals surface area (Å²) < 4.78 is 13.6. The first-order chi connectivity index (χ1) is 10.2. The molecule has 0 spiro atoms. The van der Waals surface area contributed by atoms with Gasteiger partial charge in [-0.25, -0.2) is 4.39 Å². The zero-order chi connectivity index (χ0) is 14.8. The number of H-pyrrole nitrogens is 1. The molecular formula is C14H15FN6. The second-order valence-corrected chi connectivity index (χ2v) is 4.60. The fourth-order valence-corrected chi connectivity index (χ4v) is 2.04. The van der Waals surface area contributed by atoms with Crippen LogP contribution in [-0.2, 0) is 0 Å². The Morgan fingerprint density at radius 1 is 1.29 bits per heavy atom. The Morgan fingerprint density at radius 2 is 2.14 bits per heavy atom. The van der Waals surface area contributed by atoms with Gasteiger partial charge in [-0.3, -0.25) is 5.10 Å². The maximum absolute atomic E-state index is 13.6. The van der Waals surface area contributed by atoms with Crippen molar-refractivity contribution < 1.29 is 4.39 Å². The lowest BCUT2D eigenvalue weighted by atomic mass is 10.2. The number of aromatic amines is 1. The molecule has 3 aromatic rings. The smallest absolute Gasteiger partial charge is 0.226 e. The van der Waals surface area contributed by atoms with E-state index < -0.39 is 0 Å². The highest BCUT2D eigenvalue weighted by molar-refractivity contribution is 5.89. The SMILES string of the molecule is CCNc1nc(Nc2cccc(F)c2C)c2cn[nH]c2n1. The first kappa shape index (κ1) is 13.3. The fourth-order valence-electron chi connectivity index (χ4n) is 2.04. The molecule has 1 aromatic carbocycles. The Morgan fingerprint density at radius 3 is 2.95 bits per heavy atom. The Balaban J connectivity index is 2.06. The number of anilines is 3. The van der Waals surface area contributed by atoms with Crippen molar-refractivity contribution in [1.29, 1.82) is 0 Å². The molecule has 3 rings (SSSR count). The van der Waals surface area contributed by atoms with Crippen LogP contribution in [-0.4, -0.2) is 26.7 Å². The molecule has 0 bridgehead atoms. The highest BCUT2D eigenvalue weighted by atomic mass is 19.1. The molecule has 0 amide bonds. The summed E-state index contributed by atoms with van der Waals surface area (Å²) in [6.45, 7) is 4.39. The van der Waals surface area contributed by atoms with E-state index in [1.807, 2.05) is 6.92 Å². The maximum Gasteiger partial charge on any atom is 0.226 e. The summed E-state index contributed by atoms with van der Waals surface area (Å²) in [4.78, 5) is 8.73. The summed E-state index contributed by atoms with van der Waals surface area (Å²) in [6, 6.07) is 4.89. The summed E-state index contributed by atoms with van der Waals surface area (Å²) in [5, 5.41) is 13.7. The molecule has 7 heteroatoms. The van der Waals surface area contributed by atoms with E-state index in [2.05, 4.69) is 30.8 Å². The summed E-state index contributed by atoms with van der Waals surface area (Å²) in [5.74, 6) is 0.814. The van der Waals surface area contributed by atoms with Gasteiger partial charge in [-0.15, -0.1) is 0 Å². The largest absolute Gasteiger partial charge is 0.354 e. The minimum Gasteiger partial charge on any atom is -0.354 e. The Kier molecular flexibility index (Phi) is 3.39. The minimum atomic E-state index is -0.260. The van der Waals surface area contributed by atoms with E-state index >= 15 is 0 Å². The highest BCUT2D eigenvalue weighted by Crippen LogP contribution is 2.26. The molecule has 0 unspecified atom stereocenters. The normalized spacial score (nSPS) is 10.8. The van der Waals surface area contributed by atoms with Gasteiger partial charge >= 0.3 is 0 Å². The molecule has 0 fully saturated rings. The fraction of sp³-hybridized carbons (Fsp3) is 0.214. The molecule has 108 valence electrons. The van der Waals surface area contributed by atoms with Crippen LogP contribution in [0.25, 0.3) is 11.0 Å². The van der Waals surface area contributed by atoms with Gasteiger partial charge in [0.05, 0.1) is 11.6 Å². The van der Waals surface area contributed by atoms with Crippen LogP contribution in [0.5, 0.6) is 0 Å². The standard InChI is InChI=1S/C14H15FN6/c1-3-16-14-19-12(9-7-17-21-13(9)20-14)18-11-6-4-5-10(15)8(11)2/h4-7H,3H2,1-2H3,(H3,16,17,18,19,20,21). The van der Waals surface area contributed by atoms with E-state index in [-0.39, 0.29) is 5.82 Å². The van der Waals surface area contributed by atoms with Gasteiger partial charge in [0.25, 0.3) is 0 Å². The van der Waals surface area contributed by atoms with Crippen LogP contribution >= 0.6 is 0 Å². The van der Waals surface area contributed by atoms with E-state index in [0.717, 1.165) is 5.39 Å². The zero-order valence-corrected chi connectivity index (χ0v) is 11.7. The third-order valence-electron chi connectivity index (χ3n) is 3.17. The molecule has 21 heavy (non-hydrogen) atoms. The summed E-state index contributed by atoms with van der Waals surface area (Å²) in [7, 11) is 0. The molecule has 0 aliphatic heterocycles.